The molecule has 1 fully saturated rings. The van der Waals surface area contributed by atoms with Crippen molar-refractivity contribution in [3.05, 3.63) is 64.0 Å². The molecule has 0 aliphatic heterocycles. The molecule has 1 aliphatic carbocycles. The first kappa shape index (κ1) is 17.7. The lowest BCUT2D eigenvalue weighted by molar-refractivity contribution is -0.384. The number of hydrogen-bond acceptors (Lipinski definition) is 6. The molecule has 142 valence electrons. The summed E-state index contributed by atoms with van der Waals surface area (Å²) < 4.78 is 0. The average Bonchev–Trinajstić information content (AvgIpc) is 3.42. The minimum absolute atomic E-state index is 0.120. The van der Waals surface area contributed by atoms with Crippen molar-refractivity contribution in [3.63, 3.8) is 0 Å². The number of carbonyl (C=O) groups is 1. The van der Waals surface area contributed by atoms with Gasteiger partial charge in [0.25, 0.3) is 0 Å². The van der Waals surface area contributed by atoms with Crippen molar-refractivity contribution < 1.29 is 9.72 Å². The number of rotatable bonds is 6. The number of pyridine rings is 1. The normalized spacial score (nSPS) is 13.3. The highest BCUT2D eigenvalue weighted by atomic mass is 16.6. The van der Waals surface area contributed by atoms with Crippen LogP contribution in [-0.2, 0) is 11.2 Å². The number of hydrogen-bond donors (Lipinski definition) is 3. The molecule has 9 nitrogen and oxygen atoms in total. The molecule has 0 radical (unpaired) electrons. The second-order valence-electron chi connectivity index (χ2n) is 6.79. The van der Waals surface area contributed by atoms with E-state index in [0.717, 1.165) is 29.7 Å². The Morgan fingerprint density at radius 2 is 2.00 bits per heavy atom. The fraction of sp³-hybridized carbons (Fsp3) is 0.211. The molecule has 0 saturated heterocycles. The Morgan fingerprint density at radius 3 is 2.68 bits per heavy atom. The van der Waals surface area contributed by atoms with Gasteiger partial charge in [-0.1, -0.05) is 24.3 Å². The van der Waals surface area contributed by atoms with Gasteiger partial charge < -0.3 is 11.1 Å². The maximum atomic E-state index is 12.2. The summed E-state index contributed by atoms with van der Waals surface area (Å²) in [5, 5.41) is 20.9. The van der Waals surface area contributed by atoms with Gasteiger partial charge in [0.05, 0.1) is 11.3 Å². The number of nitrogens with zero attached hydrogens (tertiary/aromatic N) is 3. The van der Waals surface area contributed by atoms with Gasteiger partial charge in [-0.05, 0) is 24.0 Å². The van der Waals surface area contributed by atoms with E-state index in [1.807, 2.05) is 6.07 Å². The van der Waals surface area contributed by atoms with Crippen LogP contribution in [0.1, 0.15) is 30.0 Å². The Labute approximate surface area is 160 Å². The van der Waals surface area contributed by atoms with Gasteiger partial charge in [-0.2, -0.15) is 5.10 Å². The van der Waals surface area contributed by atoms with Crippen molar-refractivity contribution >= 4 is 23.2 Å². The Balaban J connectivity index is 1.42. The lowest BCUT2D eigenvalue weighted by atomic mass is 10.0. The van der Waals surface area contributed by atoms with Crippen LogP contribution in [0.2, 0.25) is 0 Å². The van der Waals surface area contributed by atoms with Crippen LogP contribution < -0.4 is 11.1 Å². The average molecular weight is 378 g/mol. The topological polar surface area (TPSA) is 140 Å². The minimum atomic E-state index is -0.561. The lowest BCUT2D eigenvalue weighted by Crippen LogP contribution is -2.14. The monoisotopic (exact) mass is 378 g/mol. The molecule has 1 saturated carbocycles. The first-order chi connectivity index (χ1) is 13.5. The van der Waals surface area contributed by atoms with Crippen LogP contribution >= 0.6 is 0 Å². The Hall–Kier alpha value is -3.75. The van der Waals surface area contributed by atoms with Gasteiger partial charge in [-0.25, -0.2) is 4.98 Å². The van der Waals surface area contributed by atoms with E-state index in [4.69, 9.17) is 5.73 Å². The number of aromatic amines is 1. The van der Waals surface area contributed by atoms with Crippen LogP contribution in [0.15, 0.2) is 42.6 Å². The summed E-state index contributed by atoms with van der Waals surface area (Å²) in [6.45, 7) is 0. The number of nitrogens with two attached hydrogens (primary N) is 1. The van der Waals surface area contributed by atoms with E-state index in [1.54, 1.807) is 24.3 Å². The number of benzene rings is 1. The summed E-state index contributed by atoms with van der Waals surface area (Å²) in [6.07, 6.45) is 4.01. The molecule has 4 N–H and O–H groups in total. The quantitative estimate of drug-likeness (QED) is 0.445. The van der Waals surface area contributed by atoms with Crippen LogP contribution in [0.5, 0.6) is 0 Å². The predicted octanol–water partition coefficient (Wildman–Crippen LogP) is 3.02. The van der Waals surface area contributed by atoms with Gasteiger partial charge in [0.2, 0.25) is 11.7 Å². The highest BCUT2D eigenvalue weighted by Gasteiger charge is 2.25. The third-order valence-corrected chi connectivity index (χ3v) is 4.63. The standard InChI is InChI=1S/C19H18N6O3/c20-19-16(25(27)28)8-14(10-21-19)12-3-1-11(2-4-12)7-18(26)22-17-9-15(23-24-17)13-5-6-13/h1-4,8-10,13H,5-7H2,(H2,20,21)(H2,22,23,24,26). The fourth-order valence-electron chi connectivity index (χ4n) is 2.96. The minimum Gasteiger partial charge on any atom is -0.378 e. The van der Waals surface area contributed by atoms with Crippen molar-refractivity contribution in [2.45, 2.75) is 25.2 Å². The second-order valence-corrected chi connectivity index (χ2v) is 6.79. The summed E-state index contributed by atoms with van der Waals surface area (Å²) in [7, 11) is 0. The van der Waals surface area contributed by atoms with Gasteiger partial charge in [0, 0.05) is 35.5 Å². The number of nitrogens with one attached hydrogen (secondary N) is 2. The number of nitro groups is 1. The predicted molar refractivity (Wildman–Crippen MR) is 104 cm³/mol. The van der Waals surface area contributed by atoms with Crippen LogP contribution in [0.3, 0.4) is 0 Å². The molecule has 0 atom stereocenters. The van der Waals surface area contributed by atoms with E-state index in [0.29, 0.717) is 17.3 Å². The van der Waals surface area contributed by atoms with Gasteiger partial charge in [0.15, 0.2) is 5.82 Å². The number of anilines is 2. The maximum Gasteiger partial charge on any atom is 0.311 e. The van der Waals surface area contributed by atoms with Gasteiger partial charge >= 0.3 is 5.69 Å². The van der Waals surface area contributed by atoms with Crippen molar-refractivity contribution in [2.24, 2.45) is 0 Å². The summed E-state index contributed by atoms with van der Waals surface area (Å²) in [4.78, 5) is 26.5. The summed E-state index contributed by atoms with van der Waals surface area (Å²) >= 11 is 0. The molecule has 9 heteroatoms. The molecule has 0 unspecified atom stereocenters. The summed E-state index contributed by atoms with van der Waals surface area (Å²) in [5.41, 5.74) is 8.51. The van der Waals surface area contributed by atoms with Crippen LogP contribution in [0, 0.1) is 10.1 Å². The van der Waals surface area contributed by atoms with Crippen molar-refractivity contribution in [1.29, 1.82) is 0 Å². The molecule has 0 spiro atoms. The van der Waals surface area contributed by atoms with Crippen LogP contribution in [0.25, 0.3) is 11.1 Å². The zero-order valence-electron chi connectivity index (χ0n) is 14.9. The number of aromatic nitrogens is 3. The van der Waals surface area contributed by atoms with Crippen LogP contribution in [-0.4, -0.2) is 26.0 Å². The van der Waals surface area contributed by atoms with E-state index in [-0.39, 0.29) is 23.8 Å². The zero-order chi connectivity index (χ0) is 19.7. The number of nitrogen functional groups attached to an aromatic ring is 1. The number of carbonyl (C=O) groups excluding carboxylic acids is 1. The first-order valence-electron chi connectivity index (χ1n) is 8.84. The Morgan fingerprint density at radius 1 is 1.25 bits per heavy atom. The molecular weight excluding hydrogens is 360 g/mol. The number of H-pyrrole nitrogens is 1. The molecule has 2 heterocycles. The summed E-state index contributed by atoms with van der Waals surface area (Å²) in [6, 6.07) is 10.5. The highest BCUT2D eigenvalue weighted by Crippen LogP contribution is 2.39. The number of amides is 1. The SMILES string of the molecule is Nc1ncc(-c2ccc(CC(=O)Nc3cc(C4CC4)[nH]n3)cc2)cc1[N+](=O)[O-]. The van der Waals surface area contributed by atoms with Crippen molar-refractivity contribution in [1.82, 2.24) is 15.2 Å². The lowest BCUT2D eigenvalue weighted by Gasteiger charge is -2.05. The molecule has 0 bridgehead atoms. The Kier molecular flexibility index (Phi) is 4.48. The molecule has 1 amide bonds. The van der Waals surface area contributed by atoms with E-state index in [2.05, 4.69) is 20.5 Å². The van der Waals surface area contributed by atoms with E-state index in [1.165, 1.54) is 12.3 Å². The Bertz CT molecular complexity index is 1040. The third-order valence-electron chi connectivity index (χ3n) is 4.63. The fourth-order valence-corrected chi connectivity index (χ4v) is 2.96. The molecular formula is C19H18N6O3. The van der Waals surface area contributed by atoms with Crippen LogP contribution in [0.4, 0.5) is 17.3 Å². The van der Waals surface area contributed by atoms with Crippen molar-refractivity contribution in [2.75, 3.05) is 11.1 Å². The highest BCUT2D eigenvalue weighted by molar-refractivity contribution is 5.91. The third kappa shape index (κ3) is 3.83. The van der Waals surface area contributed by atoms with E-state index < -0.39 is 4.92 Å². The van der Waals surface area contributed by atoms with Gasteiger partial charge in [-0.15, -0.1) is 0 Å². The molecule has 28 heavy (non-hydrogen) atoms. The molecule has 3 aromatic rings. The van der Waals surface area contributed by atoms with Gasteiger partial charge in [-0.3, -0.25) is 20.0 Å². The first-order valence-corrected chi connectivity index (χ1v) is 8.84. The zero-order valence-corrected chi connectivity index (χ0v) is 14.9. The summed E-state index contributed by atoms with van der Waals surface area (Å²) in [5.74, 6) is 0.796. The maximum absolute atomic E-state index is 12.2. The molecule has 1 aromatic carbocycles. The van der Waals surface area contributed by atoms with Crippen molar-refractivity contribution in [3.8, 4) is 11.1 Å². The van der Waals surface area contributed by atoms with Gasteiger partial charge in [0.1, 0.15) is 0 Å². The smallest absolute Gasteiger partial charge is 0.311 e. The molecule has 4 rings (SSSR count). The largest absolute Gasteiger partial charge is 0.378 e. The van der Waals surface area contributed by atoms with E-state index in [9.17, 15) is 14.9 Å². The molecule has 1 aliphatic rings. The van der Waals surface area contributed by atoms with E-state index >= 15 is 0 Å². The second kappa shape index (κ2) is 7.10. The molecule has 2 aromatic heterocycles.